The molecule has 0 bridgehead atoms. The third-order valence-corrected chi connectivity index (χ3v) is 3.36. The molecule has 3 aromatic rings. The highest BCUT2D eigenvalue weighted by Crippen LogP contribution is 2.25. The van der Waals surface area contributed by atoms with Crippen molar-refractivity contribution in [3.8, 4) is 10.6 Å². The average Bonchev–Trinajstić information content (AvgIpc) is 2.97. The highest BCUT2D eigenvalue weighted by molar-refractivity contribution is 7.18. The van der Waals surface area contributed by atoms with E-state index >= 15 is 0 Å². The van der Waals surface area contributed by atoms with Gasteiger partial charge in [-0.25, -0.2) is 4.79 Å². The highest BCUT2D eigenvalue weighted by atomic mass is 32.1. The minimum absolute atomic E-state index is 0.392. The second-order valence-electron chi connectivity index (χ2n) is 3.97. The van der Waals surface area contributed by atoms with E-state index in [4.69, 9.17) is 0 Å². The molecule has 2 amide bonds. The maximum atomic E-state index is 11.8. The number of aromatic nitrogens is 4. The van der Waals surface area contributed by atoms with Gasteiger partial charge in [0.15, 0.2) is 5.01 Å². The van der Waals surface area contributed by atoms with Crippen LogP contribution in [0.25, 0.3) is 10.6 Å². The zero-order valence-electron chi connectivity index (χ0n) is 10.7. The Morgan fingerprint density at radius 2 is 1.81 bits per heavy atom. The van der Waals surface area contributed by atoms with Crippen molar-refractivity contribution < 1.29 is 4.79 Å². The van der Waals surface area contributed by atoms with Gasteiger partial charge in [0, 0.05) is 24.2 Å². The number of hydrogen-bond acceptors (Lipinski definition) is 6. The molecule has 2 N–H and O–H groups in total. The van der Waals surface area contributed by atoms with E-state index in [9.17, 15) is 4.79 Å². The van der Waals surface area contributed by atoms with Crippen LogP contribution in [0.1, 0.15) is 0 Å². The molecule has 3 aromatic heterocycles. The van der Waals surface area contributed by atoms with E-state index in [1.807, 2.05) is 12.1 Å². The van der Waals surface area contributed by atoms with Gasteiger partial charge in [0.25, 0.3) is 0 Å². The number of carbonyl (C=O) groups is 1. The standard InChI is InChI=1S/C13H10N6OS/c20-12(16-10-4-2-6-15-8-10)17-13-19-18-11(21-13)9-3-1-5-14-7-9/h1-8H,(H2,16,17,19,20). The molecule has 0 aliphatic heterocycles. The van der Waals surface area contributed by atoms with Gasteiger partial charge in [0.05, 0.1) is 11.9 Å². The molecule has 0 saturated heterocycles. The van der Waals surface area contributed by atoms with Gasteiger partial charge in [0.1, 0.15) is 0 Å². The SMILES string of the molecule is O=C(Nc1cccnc1)Nc1nnc(-c2cccnc2)s1. The summed E-state index contributed by atoms with van der Waals surface area (Å²) in [5.41, 5.74) is 1.46. The minimum Gasteiger partial charge on any atom is -0.306 e. The van der Waals surface area contributed by atoms with Crippen LogP contribution in [-0.4, -0.2) is 26.2 Å². The zero-order valence-corrected chi connectivity index (χ0v) is 11.5. The lowest BCUT2D eigenvalue weighted by molar-refractivity contribution is 0.262. The maximum Gasteiger partial charge on any atom is 0.325 e. The van der Waals surface area contributed by atoms with Crippen LogP contribution in [0.15, 0.2) is 49.1 Å². The van der Waals surface area contributed by atoms with E-state index < -0.39 is 6.03 Å². The Labute approximate surface area is 124 Å². The largest absolute Gasteiger partial charge is 0.325 e. The van der Waals surface area contributed by atoms with Crippen molar-refractivity contribution in [3.05, 3.63) is 49.1 Å². The van der Waals surface area contributed by atoms with E-state index in [-0.39, 0.29) is 0 Å². The first-order valence-electron chi connectivity index (χ1n) is 6.03. The molecule has 3 rings (SSSR count). The second kappa shape index (κ2) is 6.06. The molecule has 0 aromatic carbocycles. The Morgan fingerprint density at radius 3 is 2.52 bits per heavy atom. The van der Waals surface area contributed by atoms with Crippen LogP contribution in [-0.2, 0) is 0 Å². The summed E-state index contributed by atoms with van der Waals surface area (Å²) >= 11 is 1.28. The van der Waals surface area contributed by atoms with E-state index in [0.717, 1.165) is 5.56 Å². The van der Waals surface area contributed by atoms with Crippen LogP contribution >= 0.6 is 11.3 Å². The van der Waals surface area contributed by atoms with Crippen LogP contribution in [0.2, 0.25) is 0 Å². The predicted octanol–water partition coefficient (Wildman–Crippen LogP) is 2.64. The van der Waals surface area contributed by atoms with E-state index in [2.05, 4.69) is 30.8 Å². The average molecular weight is 298 g/mol. The molecule has 0 aliphatic rings. The Balaban J connectivity index is 1.66. The predicted molar refractivity (Wildman–Crippen MR) is 80.0 cm³/mol. The number of rotatable bonds is 3. The first-order chi connectivity index (χ1) is 10.3. The van der Waals surface area contributed by atoms with E-state index in [0.29, 0.717) is 15.8 Å². The number of amides is 2. The van der Waals surface area contributed by atoms with E-state index in [1.54, 1.807) is 36.9 Å². The van der Waals surface area contributed by atoms with Gasteiger partial charge in [-0.15, -0.1) is 10.2 Å². The molecular weight excluding hydrogens is 288 g/mol. The third kappa shape index (κ3) is 3.37. The molecule has 3 heterocycles. The van der Waals surface area contributed by atoms with E-state index in [1.165, 1.54) is 11.3 Å². The van der Waals surface area contributed by atoms with Gasteiger partial charge < -0.3 is 5.32 Å². The summed E-state index contributed by atoms with van der Waals surface area (Å²) in [5.74, 6) is 0. The molecule has 21 heavy (non-hydrogen) atoms. The Morgan fingerprint density at radius 1 is 1.00 bits per heavy atom. The van der Waals surface area contributed by atoms with Crippen LogP contribution in [0, 0.1) is 0 Å². The fraction of sp³-hybridized carbons (Fsp3) is 0. The van der Waals surface area contributed by atoms with Crippen LogP contribution in [0.5, 0.6) is 0 Å². The smallest absolute Gasteiger partial charge is 0.306 e. The first-order valence-corrected chi connectivity index (χ1v) is 6.85. The molecule has 0 unspecified atom stereocenters. The molecule has 0 radical (unpaired) electrons. The Hall–Kier alpha value is -2.87. The molecule has 0 atom stereocenters. The number of hydrogen-bond donors (Lipinski definition) is 2. The number of pyridine rings is 2. The summed E-state index contributed by atoms with van der Waals surface area (Å²) in [5, 5.41) is 14.3. The summed E-state index contributed by atoms with van der Waals surface area (Å²) in [6.07, 6.45) is 6.57. The lowest BCUT2D eigenvalue weighted by Gasteiger charge is -2.03. The molecule has 0 spiro atoms. The fourth-order valence-electron chi connectivity index (χ4n) is 1.58. The van der Waals surface area contributed by atoms with Crippen molar-refractivity contribution in [2.24, 2.45) is 0 Å². The molecule has 0 fully saturated rings. The lowest BCUT2D eigenvalue weighted by Crippen LogP contribution is -2.19. The molecule has 8 heteroatoms. The third-order valence-electron chi connectivity index (χ3n) is 2.47. The molecule has 104 valence electrons. The summed E-state index contributed by atoms with van der Waals surface area (Å²) in [4.78, 5) is 19.7. The van der Waals surface area contributed by atoms with Gasteiger partial charge in [-0.05, 0) is 24.3 Å². The quantitative estimate of drug-likeness (QED) is 0.775. The summed E-state index contributed by atoms with van der Waals surface area (Å²) in [6.45, 7) is 0. The van der Waals surface area contributed by atoms with Crippen molar-refractivity contribution in [2.75, 3.05) is 10.6 Å². The highest BCUT2D eigenvalue weighted by Gasteiger charge is 2.09. The van der Waals surface area contributed by atoms with Crippen molar-refractivity contribution >= 4 is 28.2 Å². The lowest BCUT2D eigenvalue weighted by atomic mass is 10.3. The van der Waals surface area contributed by atoms with Crippen LogP contribution in [0.4, 0.5) is 15.6 Å². The normalized spacial score (nSPS) is 10.1. The van der Waals surface area contributed by atoms with Crippen molar-refractivity contribution in [3.63, 3.8) is 0 Å². The van der Waals surface area contributed by atoms with Crippen molar-refractivity contribution in [2.45, 2.75) is 0 Å². The van der Waals surface area contributed by atoms with Gasteiger partial charge in [-0.1, -0.05) is 11.3 Å². The molecular formula is C13H10N6OS. The number of nitrogens with zero attached hydrogens (tertiary/aromatic N) is 4. The Bertz CT molecular complexity index is 731. The van der Waals surface area contributed by atoms with Gasteiger partial charge in [-0.3, -0.25) is 15.3 Å². The van der Waals surface area contributed by atoms with Crippen LogP contribution < -0.4 is 10.6 Å². The van der Waals surface area contributed by atoms with Gasteiger partial charge >= 0.3 is 6.03 Å². The topological polar surface area (TPSA) is 92.7 Å². The van der Waals surface area contributed by atoms with Crippen molar-refractivity contribution in [1.82, 2.24) is 20.2 Å². The first kappa shape index (κ1) is 13.1. The number of urea groups is 1. The molecule has 7 nitrogen and oxygen atoms in total. The summed E-state index contributed by atoms with van der Waals surface area (Å²) in [6, 6.07) is 6.79. The number of carbonyl (C=O) groups excluding carboxylic acids is 1. The number of nitrogens with one attached hydrogen (secondary N) is 2. The molecule has 0 aliphatic carbocycles. The monoisotopic (exact) mass is 298 g/mol. The van der Waals surface area contributed by atoms with Gasteiger partial charge in [0.2, 0.25) is 5.13 Å². The van der Waals surface area contributed by atoms with Crippen LogP contribution in [0.3, 0.4) is 0 Å². The minimum atomic E-state index is -0.392. The summed E-state index contributed by atoms with van der Waals surface area (Å²) < 4.78 is 0. The second-order valence-corrected chi connectivity index (χ2v) is 4.95. The fourth-order valence-corrected chi connectivity index (χ4v) is 2.30. The van der Waals surface area contributed by atoms with Crippen molar-refractivity contribution in [1.29, 1.82) is 0 Å². The zero-order chi connectivity index (χ0) is 14.5. The Kier molecular flexibility index (Phi) is 3.79. The van der Waals surface area contributed by atoms with Gasteiger partial charge in [-0.2, -0.15) is 0 Å². The molecule has 0 saturated carbocycles. The number of anilines is 2. The maximum absolute atomic E-state index is 11.8. The summed E-state index contributed by atoms with van der Waals surface area (Å²) in [7, 11) is 0.